The molecule has 0 spiro atoms. The molecule has 4 nitrogen and oxygen atoms in total. The van der Waals surface area contributed by atoms with Gasteiger partial charge in [0.2, 0.25) is 5.91 Å². The van der Waals surface area contributed by atoms with Crippen molar-refractivity contribution in [1.82, 2.24) is 0 Å². The average Bonchev–Trinajstić information content (AvgIpc) is 2.25. The zero-order valence-corrected chi connectivity index (χ0v) is 11.1. The van der Waals surface area contributed by atoms with Gasteiger partial charge in [-0.25, -0.2) is 4.39 Å². The summed E-state index contributed by atoms with van der Waals surface area (Å²) in [6.07, 6.45) is 0. The van der Waals surface area contributed by atoms with E-state index in [0.29, 0.717) is 11.3 Å². The lowest BCUT2D eigenvalue weighted by molar-refractivity contribution is -0.119. The molecule has 5 N–H and O–H groups in total. The molecule has 1 atom stereocenters. The van der Waals surface area contributed by atoms with E-state index >= 15 is 0 Å². The van der Waals surface area contributed by atoms with Gasteiger partial charge in [0.05, 0.1) is 0 Å². The summed E-state index contributed by atoms with van der Waals surface area (Å²) in [5.74, 6) is -0.932. The Kier molecular flexibility index (Phi) is 4.61. The first-order valence-electron chi connectivity index (χ1n) is 5.48. The normalized spacial score (nSPS) is 12.2. The summed E-state index contributed by atoms with van der Waals surface area (Å²) >= 11 is 4.85. The fraction of sp³-hybridized carbons (Fsp3) is 0.333. The van der Waals surface area contributed by atoms with Gasteiger partial charge in [-0.05, 0) is 24.1 Å². The van der Waals surface area contributed by atoms with Gasteiger partial charge >= 0.3 is 0 Å². The molecule has 0 bridgehead atoms. The Hall–Kier alpha value is -1.69. The van der Waals surface area contributed by atoms with E-state index in [1.165, 1.54) is 18.2 Å². The molecule has 0 fully saturated rings. The van der Waals surface area contributed by atoms with Crippen molar-refractivity contribution in [2.75, 3.05) is 5.32 Å². The molecule has 0 aliphatic heterocycles. The van der Waals surface area contributed by atoms with Crippen molar-refractivity contribution in [1.29, 1.82) is 0 Å². The van der Waals surface area contributed by atoms with Gasteiger partial charge in [0, 0.05) is 11.3 Å². The van der Waals surface area contributed by atoms with E-state index in [-0.39, 0.29) is 10.9 Å². The number of halogens is 1. The van der Waals surface area contributed by atoms with E-state index in [4.69, 9.17) is 23.7 Å². The van der Waals surface area contributed by atoms with Crippen LogP contribution in [0.4, 0.5) is 10.1 Å². The zero-order chi connectivity index (χ0) is 13.9. The quantitative estimate of drug-likeness (QED) is 0.705. The summed E-state index contributed by atoms with van der Waals surface area (Å²) in [7, 11) is 0. The highest BCUT2D eigenvalue weighted by molar-refractivity contribution is 7.80. The Balaban J connectivity index is 3.10. The van der Waals surface area contributed by atoms with Crippen LogP contribution in [0.3, 0.4) is 0 Å². The number of benzene rings is 1. The van der Waals surface area contributed by atoms with Crippen LogP contribution in [0.25, 0.3) is 0 Å². The first-order valence-corrected chi connectivity index (χ1v) is 5.89. The number of carbonyl (C=O) groups is 1. The molecule has 1 rings (SSSR count). The Labute approximate surface area is 111 Å². The standard InChI is InChI=1S/C12H16FN3OS/c1-6(2)10(11(14)17)16-9-4-3-7(13)5-8(9)12(15)18/h3-6,10,16H,1-2H3,(H2,14,17)(H2,15,18). The molecule has 98 valence electrons. The van der Waals surface area contributed by atoms with Gasteiger partial charge in [0.1, 0.15) is 16.8 Å². The molecule has 1 aromatic carbocycles. The van der Waals surface area contributed by atoms with Gasteiger partial charge in [-0.1, -0.05) is 26.1 Å². The molecule has 0 aromatic heterocycles. The minimum Gasteiger partial charge on any atom is -0.389 e. The van der Waals surface area contributed by atoms with Crippen molar-refractivity contribution in [2.24, 2.45) is 17.4 Å². The number of primary amides is 1. The Morgan fingerprint density at radius 3 is 2.44 bits per heavy atom. The molecule has 0 aliphatic carbocycles. The molecule has 1 amide bonds. The monoisotopic (exact) mass is 269 g/mol. The summed E-state index contributed by atoms with van der Waals surface area (Å²) < 4.78 is 13.1. The van der Waals surface area contributed by atoms with Crippen molar-refractivity contribution in [2.45, 2.75) is 19.9 Å². The summed E-state index contributed by atoms with van der Waals surface area (Å²) in [6.45, 7) is 3.71. The molecule has 0 saturated carbocycles. The third-order valence-corrected chi connectivity index (χ3v) is 2.75. The number of nitrogens with two attached hydrogens (primary N) is 2. The highest BCUT2D eigenvalue weighted by atomic mass is 32.1. The van der Waals surface area contributed by atoms with Gasteiger partial charge in [0.25, 0.3) is 0 Å². The third kappa shape index (κ3) is 3.40. The highest BCUT2D eigenvalue weighted by Crippen LogP contribution is 2.19. The lowest BCUT2D eigenvalue weighted by Gasteiger charge is -2.21. The van der Waals surface area contributed by atoms with Crippen molar-refractivity contribution in [3.05, 3.63) is 29.6 Å². The number of carbonyl (C=O) groups excluding carboxylic acids is 1. The smallest absolute Gasteiger partial charge is 0.240 e. The van der Waals surface area contributed by atoms with Crippen molar-refractivity contribution in [3.8, 4) is 0 Å². The second kappa shape index (κ2) is 5.77. The van der Waals surface area contributed by atoms with E-state index in [0.717, 1.165) is 0 Å². The molecule has 6 heteroatoms. The number of thiocarbonyl (C=S) groups is 1. The second-order valence-electron chi connectivity index (χ2n) is 4.32. The third-order valence-electron chi connectivity index (χ3n) is 2.53. The maximum atomic E-state index is 13.1. The molecular weight excluding hydrogens is 253 g/mol. The van der Waals surface area contributed by atoms with Crippen LogP contribution in [0.1, 0.15) is 19.4 Å². The Morgan fingerprint density at radius 1 is 1.39 bits per heavy atom. The minimum atomic E-state index is -0.566. The molecule has 0 heterocycles. The van der Waals surface area contributed by atoms with Crippen LogP contribution >= 0.6 is 12.2 Å². The van der Waals surface area contributed by atoms with E-state index in [9.17, 15) is 9.18 Å². The summed E-state index contributed by atoms with van der Waals surface area (Å²) in [4.78, 5) is 11.4. The number of hydrogen-bond acceptors (Lipinski definition) is 3. The minimum absolute atomic E-state index is 0.00764. The van der Waals surface area contributed by atoms with Crippen molar-refractivity contribution < 1.29 is 9.18 Å². The summed E-state index contributed by atoms with van der Waals surface area (Å²) in [5.41, 5.74) is 11.7. The predicted molar refractivity (Wildman–Crippen MR) is 73.7 cm³/mol. The van der Waals surface area contributed by atoms with E-state index in [2.05, 4.69) is 5.32 Å². The molecule has 0 saturated heterocycles. The fourth-order valence-corrected chi connectivity index (χ4v) is 1.75. The van der Waals surface area contributed by atoms with Crippen molar-refractivity contribution in [3.63, 3.8) is 0 Å². The van der Waals surface area contributed by atoms with Crippen LogP contribution in [-0.4, -0.2) is 16.9 Å². The molecule has 18 heavy (non-hydrogen) atoms. The summed E-state index contributed by atoms with van der Waals surface area (Å²) in [6, 6.07) is 3.41. The van der Waals surface area contributed by atoms with Gasteiger partial charge in [-0.2, -0.15) is 0 Å². The Bertz CT molecular complexity index is 476. The maximum Gasteiger partial charge on any atom is 0.240 e. The SMILES string of the molecule is CC(C)C(Nc1ccc(F)cc1C(N)=S)C(N)=O. The average molecular weight is 269 g/mol. The topological polar surface area (TPSA) is 81.1 Å². The van der Waals surface area contributed by atoms with E-state index < -0.39 is 17.8 Å². The van der Waals surface area contributed by atoms with Gasteiger partial charge in [-0.3, -0.25) is 4.79 Å². The number of rotatable bonds is 5. The highest BCUT2D eigenvalue weighted by Gasteiger charge is 2.20. The number of amides is 1. The lowest BCUT2D eigenvalue weighted by atomic mass is 10.0. The van der Waals surface area contributed by atoms with Gasteiger partial charge in [0.15, 0.2) is 0 Å². The molecule has 0 aliphatic rings. The van der Waals surface area contributed by atoms with Crippen LogP contribution in [0.2, 0.25) is 0 Å². The number of hydrogen-bond donors (Lipinski definition) is 3. The molecule has 1 unspecified atom stereocenters. The lowest BCUT2D eigenvalue weighted by Crippen LogP contribution is -2.40. The number of anilines is 1. The van der Waals surface area contributed by atoms with Crippen LogP contribution < -0.4 is 16.8 Å². The first-order chi connectivity index (χ1) is 8.32. The predicted octanol–water partition coefficient (Wildman–Crippen LogP) is 1.38. The number of nitrogens with one attached hydrogen (secondary N) is 1. The molecular formula is C12H16FN3OS. The maximum absolute atomic E-state index is 13.1. The zero-order valence-electron chi connectivity index (χ0n) is 10.2. The van der Waals surface area contributed by atoms with Crippen molar-refractivity contribution >= 4 is 28.8 Å². The van der Waals surface area contributed by atoms with Crippen LogP contribution in [0.15, 0.2) is 18.2 Å². The summed E-state index contributed by atoms with van der Waals surface area (Å²) in [5, 5.41) is 2.95. The fourth-order valence-electron chi connectivity index (χ4n) is 1.58. The Morgan fingerprint density at radius 2 is 2.00 bits per heavy atom. The van der Waals surface area contributed by atoms with Crippen LogP contribution in [-0.2, 0) is 4.79 Å². The van der Waals surface area contributed by atoms with Crippen LogP contribution in [0, 0.1) is 11.7 Å². The van der Waals surface area contributed by atoms with Crippen LogP contribution in [0.5, 0.6) is 0 Å². The second-order valence-corrected chi connectivity index (χ2v) is 4.76. The van der Waals surface area contributed by atoms with E-state index in [1.54, 1.807) is 0 Å². The van der Waals surface area contributed by atoms with Gasteiger partial charge in [-0.15, -0.1) is 0 Å². The molecule has 1 aromatic rings. The molecule has 0 radical (unpaired) electrons. The van der Waals surface area contributed by atoms with Gasteiger partial charge < -0.3 is 16.8 Å². The first kappa shape index (κ1) is 14.4. The van der Waals surface area contributed by atoms with E-state index in [1.807, 2.05) is 13.8 Å². The largest absolute Gasteiger partial charge is 0.389 e.